The molecule has 2 atom stereocenters. The predicted molar refractivity (Wildman–Crippen MR) is 71.6 cm³/mol. The fraction of sp³-hybridized carbons (Fsp3) is 0.600. The Morgan fingerprint density at radius 2 is 2.12 bits per heavy atom. The number of benzene rings is 1. The van der Waals surface area contributed by atoms with E-state index in [2.05, 4.69) is 44.4 Å². The molecule has 1 aromatic rings. The molecule has 1 aliphatic carbocycles. The Balaban J connectivity index is 2.15. The lowest BCUT2D eigenvalue weighted by molar-refractivity contribution is 0.242. The third-order valence-corrected chi connectivity index (χ3v) is 3.54. The maximum absolute atomic E-state index is 5.76. The molecule has 1 aliphatic rings. The van der Waals surface area contributed by atoms with Crippen LogP contribution in [-0.2, 0) is 0 Å². The molecule has 2 heteroatoms. The van der Waals surface area contributed by atoms with Crippen LogP contribution in [0.25, 0.3) is 0 Å². The summed E-state index contributed by atoms with van der Waals surface area (Å²) in [5.41, 5.74) is 1.42. The fourth-order valence-corrected chi connectivity index (χ4v) is 2.80. The van der Waals surface area contributed by atoms with Crippen molar-refractivity contribution >= 4 is 0 Å². The van der Waals surface area contributed by atoms with Crippen LogP contribution in [0.5, 0.6) is 5.75 Å². The van der Waals surface area contributed by atoms with E-state index in [-0.39, 0.29) is 6.10 Å². The first-order valence-corrected chi connectivity index (χ1v) is 6.64. The summed E-state index contributed by atoms with van der Waals surface area (Å²) in [6, 6.07) is 9.22. The highest BCUT2D eigenvalue weighted by Crippen LogP contribution is 2.35. The van der Waals surface area contributed by atoms with Gasteiger partial charge in [0.1, 0.15) is 5.75 Å². The lowest BCUT2D eigenvalue weighted by atomic mass is 9.94. The second-order valence-electron chi connectivity index (χ2n) is 5.17. The van der Waals surface area contributed by atoms with Crippen LogP contribution in [0.1, 0.15) is 44.6 Å². The fourth-order valence-electron chi connectivity index (χ4n) is 2.80. The molecule has 94 valence electrons. The van der Waals surface area contributed by atoms with E-state index in [1.165, 1.54) is 24.8 Å². The summed E-state index contributed by atoms with van der Waals surface area (Å²) in [5.74, 6) is 1.65. The molecule has 2 nitrogen and oxygen atoms in total. The zero-order chi connectivity index (χ0) is 12.3. The van der Waals surface area contributed by atoms with Crippen molar-refractivity contribution in [3.8, 4) is 5.75 Å². The zero-order valence-corrected chi connectivity index (χ0v) is 11.1. The number of hydrogen-bond acceptors (Lipinski definition) is 2. The van der Waals surface area contributed by atoms with E-state index in [1.54, 1.807) is 0 Å². The molecule has 1 fully saturated rings. The highest BCUT2D eigenvalue weighted by Gasteiger charge is 2.27. The molecule has 17 heavy (non-hydrogen) atoms. The van der Waals surface area contributed by atoms with Gasteiger partial charge in [-0.05, 0) is 57.4 Å². The van der Waals surface area contributed by atoms with Crippen LogP contribution in [0, 0.1) is 0 Å². The molecule has 1 N–H and O–H groups in total. The van der Waals surface area contributed by atoms with Gasteiger partial charge in [0.15, 0.2) is 0 Å². The average molecular weight is 233 g/mol. The number of hydrogen-bond donors (Lipinski definition) is 1. The van der Waals surface area contributed by atoms with Gasteiger partial charge < -0.3 is 10.1 Å². The summed E-state index contributed by atoms with van der Waals surface area (Å²) in [6.07, 6.45) is 4.15. The Morgan fingerprint density at radius 1 is 1.29 bits per heavy atom. The summed E-state index contributed by atoms with van der Waals surface area (Å²) in [7, 11) is 2.07. The summed E-state index contributed by atoms with van der Waals surface area (Å²) in [4.78, 5) is 0. The van der Waals surface area contributed by atoms with Crippen molar-refractivity contribution in [3.63, 3.8) is 0 Å². The number of likely N-dealkylation sites (N-methyl/N-ethyl adjacent to an activating group) is 1. The second-order valence-corrected chi connectivity index (χ2v) is 5.17. The smallest absolute Gasteiger partial charge is 0.119 e. The second kappa shape index (κ2) is 5.54. The van der Waals surface area contributed by atoms with E-state index in [1.807, 2.05) is 6.07 Å². The molecule has 1 aromatic carbocycles. The third-order valence-electron chi connectivity index (χ3n) is 3.54. The Morgan fingerprint density at radius 3 is 2.82 bits per heavy atom. The van der Waals surface area contributed by atoms with Gasteiger partial charge in [0.05, 0.1) is 6.10 Å². The topological polar surface area (TPSA) is 21.3 Å². The van der Waals surface area contributed by atoms with Crippen LogP contribution in [-0.4, -0.2) is 19.2 Å². The SMILES string of the molecule is CNC1CCCC1c1cccc(OC(C)C)c1. The lowest BCUT2D eigenvalue weighted by Gasteiger charge is -2.20. The maximum atomic E-state index is 5.76. The molecule has 0 spiro atoms. The van der Waals surface area contributed by atoms with E-state index < -0.39 is 0 Å². The predicted octanol–water partition coefficient (Wildman–Crippen LogP) is 3.33. The van der Waals surface area contributed by atoms with Crippen molar-refractivity contribution < 1.29 is 4.74 Å². The van der Waals surface area contributed by atoms with Crippen molar-refractivity contribution in [2.45, 2.75) is 51.2 Å². The summed E-state index contributed by atoms with van der Waals surface area (Å²) in [6.45, 7) is 4.14. The normalized spacial score (nSPS) is 24.2. The Bertz CT molecular complexity index is 362. The molecular formula is C15H23NO. The van der Waals surface area contributed by atoms with Gasteiger partial charge in [-0.2, -0.15) is 0 Å². The highest BCUT2D eigenvalue weighted by atomic mass is 16.5. The zero-order valence-electron chi connectivity index (χ0n) is 11.1. The van der Waals surface area contributed by atoms with Gasteiger partial charge in [-0.3, -0.25) is 0 Å². The third kappa shape index (κ3) is 3.01. The van der Waals surface area contributed by atoms with Crippen LogP contribution >= 0.6 is 0 Å². The van der Waals surface area contributed by atoms with Gasteiger partial charge in [-0.25, -0.2) is 0 Å². The van der Waals surface area contributed by atoms with Crippen molar-refractivity contribution in [2.75, 3.05) is 7.05 Å². The van der Waals surface area contributed by atoms with Crippen LogP contribution < -0.4 is 10.1 Å². The summed E-state index contributed by atoms with van der Waals surface area (Å²) in [5, 5.41) is 3.43. The molecule has 0 bridgehead atoms. The minimum atomic E-state index is 0.244. The van der Waals surface area contributed by atoms with E-state index in [0.717, 1.165) is 5.75 Å². The van der Waals surface area contributed by atoms with E-state index >= 15 is 0 Å². The molecule has 2 unspecified atom stereocenters. The number of rotatable bonds is 4. The average Bonchev–Trinajstić information content (AvgIpc) is 2.76. The molecule has 0 saturated heterocycles. The highest BCUT2D eigenvalue weighted by molar-refractivity contribution is 5.32. The summed E-state index contributed by atoms with van der Waals surface area (Å²) < 4.78 is 5.76. The van der Waals surface area contributed by atoms with E-state index in [9.17, 15) is 0 Å². The summed E-state index contributed by atoms with van der Waals surface area (Å²) >= 11 is 0. The van der Waals surface area contributed by atoms with Gasteiger partial charge in [0.2, 0.25) is 0 Å². The molecule has 0 aliphatic heterocycles. The van der Waals surface area contributed by atoms with Gasteiger partial charge in [-0.15, -0.1) is 0 Å². The van der Waals surface area contributed by atoms with Crippen LogP contribution in [0.4, 0.5) is 0 Å². The van der Waals surface area contributed by atoms with Crippen molar-refractivity contribution in [3.05, 3.63) is 29.8 Å². The van der Waals surface area contributed by atoms with Crippen LogP contribution in [0.2, 0.25) is 0 Å². The molecule has 1 saturated carbocycles. The molecule has 0 aromatic heterocycles. The first-order valence-electron chi connectivity index (χ1n) is 6.64. The van der Waals surface area contributed by atoms with E-state index in [0.29, 0.717) is 12.0 Å². The van der Waals surface area contributed by atoms with Crippen molar-refractivity contribution in [1.82, 2.24) is 5.32 Å². The number of ether oxygens (including phenoxy) is 1. The van der Waals surface area contributed by atoms with E-state index in [4.69, 9.17) is 4.74 Å². The molecule has 0 radical (unpaired) electrons. The minimum Gasteiger partial charge on any atom is -0.491 e. The Hall–Kier alpha value is -1.02. The maximum Gasteiger partial charge on any atom is 0.119 e. The van der Waals surface area contributed by atoms with Crippen LogP contribution in [0.3, 0.4) is 0 Å². The van der Waals surface area contributed by atoms with Crippen molar-refractivity contribution in [2.24, 2.45) is 0 Å². The Labute approximate surface area is 104 Å². The molecule has 0 amide bonds. The molecule has 2 rings (SSSR count). The van der Waals surface area contributed by atoms with Crippen molar-refractivity contribution in [1.29, 1.82) is 0 Å². The lowest BCUT2D eigenvalue weighted by Crippen LogP contribution is -2.27. The molecule has 0 heterocycles. The monoisotopic (exact) mass is 233 g/mol. The van der Waals surface area contributed by atoms with Crippen LogP contribution in [0.15, 0.2) is 24.3 Å². The van der Waals surface area contributed by atoms with Gasteiger partial charge in [-0.1, -0.05) is 18.6 Å². The first-order chi connectivity index (χ1) is 8.20. The van der Waals surface area contributed by atoms with Gasteiger partial charge in [0.25, 0.3) is 0 Å². The quantitative estimate of drug-likeness (QED) is 0.861. The number of nitrogens with one attached hydrogen (secondary N) is 1. The standard InChI is InChI=1S/C15H23NO/c1-11(2)17-13-7-4-6-12(10-13)14-8-5-9-15(14)16-3/h4,6-7,10-11,14-16H,5,8-9H2,1-3H3. The van der Waals surface area contributed by atoms with Gasteiger partial charge in [0, 0.05) is 6.04 Å². The van der Waals surface area contributed by atoms with Gasteiger partial charge >= 0.3 is 0 Å². The Kier molecular flexibility index (Phi) is 4.06. The largest absolute Gasteiger partial charge is 0.491 e. The minimum absolute atomic E-state index is 0.244. The first kappa shape index (κ1) is 12.4. The molecular weight excluding hydrogens is 210 g/mol.